The SMILES string of the molecule is O=C(O)C(CCOc1ccc(CCl)cc1)C(=O)O. The molecule has 0 saturated carbocycles. The molecule has 0 bridgehead atoms. The Morgan fingerprint density at radius 1 is 1.17 bits per heavy atom. The number of hydrogen-bond donors (Lipinski definition) is 2. The maximum atomic E-state index is 10.6. The molecule has 0 fully saturated rings. The third-order valence-electron chi connectivity index (χ3n) is 2.35. The molecule has 0 atom stereocenters. The lowest BCUT2D eigenvalue weighted by molar-refractivity contribution is -0.155. The molecule has 0 saturated heterocycles. The van der Waals surface area contributed by atoms with Gasteiger partial charge < -0.3 is 14.9 Å². The molecule has 0 spiro atoms. The van der Waals surface area contributed by atoms with Crippen LogP contribution < -0.4 is 4.74 Å². The molecule has 18 heavy (non-hydrogen) atoms. The molecule has 0 heterocycles. The highest BCUT2D eigenvalue weighted by atomic mass is 35.5. The highest BCUT2D eigenvalue weighted by molar-refractivity contribution is 6.17. The van der Waals surface area contributed by atoms with Crippen molar-refractivity contribution in [1.29, 1.82) is 0 Å². The first-order valence-electron chi connectivity index (χ1n) is 5.28. The first-order valence-corrected chi connectivity index (χ1v) is 5.81. The second kappa shape index (κ2) is 6.86. The van der Waals surface area contributed by atoms with E-state index in [0.29, 0.717) is 11.6 Å². The molecule has 6 heteroatoms. The maximum absolute atomic E-state index is 10.6. The van der Waals surface area contributed by atoms with E-state index in [1.165, 1.54) is 0 Å². The Kier molecular flexibility index (Phi) is 5.45. The van der Waals surface area contributed by atoms with Gasteiger partial charge in [0.25, 0.3) is 0 Å². The summed E-state index contributed by atoms with van der Waals surface area (Å²) in [5, 5.41) is 17.3. The van der Waals surface area contributed by atoms with Crippen molar-refractivity contribution in [2.75, 3.05) is 6.61 Å². The van der Waals surface area contributed by atoms with Crippen LogP contribution in [0.3, 0.4) is 0 Å². The Hall–Kier alpha value is -1.75. The van der Waals surface area contributed by atoms with E-state index in [1.54, 1.807) is 24.3 Å². The number of carboxylic acids is 2. The van der Waals surface area contributed by atoms with Crippen molar-refractivity contribution in [1.82, 2.24) is 0 Å². The quantitative estimate of drug-likeness (QED) is 0.586. The molecule has 0 unspecified atom stereocenters. The highest BCUT2D eigenvalue weighted by Gasteiger charge is 2.25. The van der Waals surface area contributed by atoms with E-state index in [0.717, 1.165) is 5.56 Å². The number of halogens is 1. The predicted molar refractivity (Wildman–Crippen MR) is 64.9 cm³/mol. The van der Waals surface area contributed by atoms with E-state index in [-0.39, 0.29) is 13.0 Å². The van der Waals surface area contributed by atoms with Gasteiger partial charge in [-0.25, -0.2) is 0 Å². The van der Waals surface area contributed by atoms with Gasteiger partial charge in [0.2, 0.25) is 0 Å². The molecule has 0 aliphatic carbocycles. The number of carbonyl (C=O) groups is 2. The van der Waals surface area contributed by atoms with Crippen molar-refractivity contribution in [3.8, 4) is 5.75 Å². The van der Waals surface area contributed by atoms with Crippen molar-refractivity contribution in [3.05, 3.63) is 29.8 Å². The summed E-state index contributed by atoms with van der Waals surface area (Å²) in [7, 11) is 0. The van der Waals surface area contributed by atoms with E-state index >= 15 is 0 Å². The topological polar surface area (TPSA) is 83.8 Å². The summed E-state index contributed by atoms with van der Waals surface area (Å²) in [4.78, 5) is 21.2. The Morgan fingerprint density at radius 3 is 2.17 bits per heavy atom. The summed E-state index contributed by atoms with van der Waals surface area (Å²) in [5.41, 5.74) is 0.943. The molecule has 1 aromatic carbocycles. The third-order valence-corrected chi connectivity index (χ3v) is 2.66. The van der Waals surface area contributed by atoms with Crippen LogP contribution in [0.25, 0.3) is 0 Å². The first kappa shape index (κ1) is 14.3. The lowest BCUT2D eigenvalue weighted by Gasteiger charge is -2.09. The molecule has 2 N–H and O–H groups in total. The second-order valence-corrected chi connectivity index (χ2v) is 3.91. The zero-order valence-corrected chi connectivity index (χ0v) is 10.3. The molecule has 5 nitrogen and oxygen atoms in total. The zero-order valence-electron chi connectivity index (χ0n) is 9.51. The minimum Gasteiger partial charge on any atom is -0.494 e. The van der Waals surface area contributed by atoms with Crippen LogP contribution in [0, 0.1) is 5.92 Å². The van der Waals surface area contributed by atoms with Gasteiger partial charge in [-0.2, -0.15) is 0 Å². The molecule has 0 aliphatic heterocycles. The maximum Gasteiger partial charge on any atom is 0.318 e. The normalized spacial score (nSPS) is 10.3. The van der Waals surface area contributed by atoms with E-state index in [1.807, 2.05) is 0 Å². The molecule has 98 valence electrons. The van der Waals surface area contributed by atoms with Gasteiger partial charge in [0.1, 0.15) is 5.75 Å². The monoisotopic (exact) mass is 272 g/mol. The van der Waals surface area contributed by atoms with Crippen molar-refractivity contribution < 1.29 is 24.5 Å². The van der Waals surface area contributed by atoms with E-state index in [9.17, 15) is 9.59 Å². The number of benzene rings is 1. The molecule has 1 rings (SSSR count). The van der Waals surface area contributed by atoms with Gasteiger partial charge in [0, 0.05) is 12.3 Å². The molecule has 0 aromatic heterocycles. The fourth-order valence-corrected chi connectivity index (χ4v) is 1.50. The number of hydrogen-bond acceptors (Lipinski definition) is 3. The molecule has 0 amide bonds. The van der Waals surface area contributed by atoms with Crippen molar-refractivity contribution >= 4 is 23.5 Å². The summed E-state index contributed by atoms with van der Waals surface area (Å²) in [6.45, 7) is 0.0312. The van der Waals surface area contributed by atoms with E-state index < -0.39 is 17.9 Å². The predicted octanol–water partition coefficient (Wildman–Crippen LogP) is 1.98. The zero-order chi connectivity index (χ0) is 13.5. The Labute approximate surface area is 109 Å². The largest absolute Gasteiger partial charge is 0.494 e. The first-order chi connectivity index (χ1) is 8.54. The average molecular weight is 273 g/mol. The number of ether oxygens (including phenoxy) is 1. The minimum absolute atomic E-state index is 0.0312. The van der Waals surface area contributed by atoms with E-state index in [2.05, 4.69) is 0 Å². The van der Waals surface area contributed by atoms with Gasteiger partial charge in [-0.3, -0.25) is 9.59 Å². The third kappa shape index (κ3) is 4.25. The average Bonchev–Trinajstić information content (AvgIpc) is 2.34. The summed E-state index contributed by atoms with van der Waals surface area (Å²) in [6, 6.07) is 6.98. The summed E-state index contributed by atoms with van der Waals surface area (Å²) in [5.74, 6) is -3.20. The minimum atomic E-state index is -1.44. The van der Waals surface area contributed by atoms with Crippen LogP contribution in [0.5, 0.6) is 5.75 Å². The molecular weight excluding hydrogens is 260 g/mol. The smallest absolute Gasteiger partial charge is 0.318 e. The second-order valence-electron chi connectivity index (χ2n) is 3.64. The van der Waals surface area contributed by atoms with Gasteiger partial charge >= 0.3 is 11.9 Å². The van der Waals surface area contributed by atoms with Crippen LogP contribution in [0.2, 0.25) is 0 Å². The molecule has 0 radical (unpaired) electrons. The standard InChI is InChI=1S/C12H13ClO5/c13-7-8-1-3-9(4-2-8)18-6-5-10(11(14)15)12(16)17/h1-4,10H,5-7H2,(H,14,15)(H,16,17). The molecular formula is C12H13ClO5. The lowest BCUT2D eigenvalue weighted by atomic mass is 10.1. The summed E-state index contributed by atoms with van der Waals surface area (Å²) < 4.78 is 5.27. The highest BCUT2D eigenvalue weighted by Crippen LogP contribution is 2.14. The van der Waals surface area contributed by atoms with Crippen molar-refractivity contribution in [3.63, 3.8) is 0 Å². The van der Waals surface area contributed by atoms with Crippen LogP contribution in [0.4, 0.5) is 0 Å². The number of alkyl halides is 1. The van der Waals surface area contributed by atoms with E-state index in [4.69, 9.17) is 26.6 Å². The van der Waals surface area contributed by atoms with Gasteiger partial charge in [0.15, 0.2) is 5.92 Å². The fourth-order valence-electron chi connectivity index (χ4n) is 1.32. The van der Waals surface area contributed by atoms with Crippen LogP contribution in [-0.2, 0) is 15.5 Å². The number of aliphatic carboxylic acids is 2. The van der Waals surface area contributed by atoms with Crippen LogP contribution in [0.1, 0.15) is 12.0 Å². The molecule has 1 aromatic rings. The number of carboxylic acid groups (broad SMARTS) is 2. The molecule has 0 aliphatic rings. The van der Waals surface area contributed by atoms with Gasteiger partial charge in [-0.15, -0.1) is 11.6 Å². The Bertz CT molecular complexity index is 401. The van der Waals surface area contributed by atoms with Crippen LogP contribution >= 0.6 is 11.6 Å². The van der Waals surface area contributed by atoms with Crippen molar-refractivity contribution in [2.45, 2.75) is 12.3 Å². The van der Waals surface area contributed by atoms with Gasteiger partial charge in [0.05, 0.1) is 6.61 Å². The summed E-state index contributed by atoms with van der Waals surface area (Å²) >= 11 is 5.62. The van der Waals surface area contributed by atoms with Crippen LogP contribution in [0.15, 0.2) is 24.3 Å². The summed E-state index contributed by atoms with van der Waals surface area (Å²) in [6.07, 6.45) is -0.0814. The van der Waals surface area contributed by atoms with Crippen molar-refractivity contribution in [2.24, 2.45) is 5.92 Å². The van der Waals surface area contributed by atoms with Gasteiger partial charge in [-0.1, -0.05) is 12.1 Å². The van der Waals surface area contributed by atoms with Crippen LogP contribution in [-0.4, -0.2) is 28.8 Å². The van der Waals surface area contributed by atoms with Gasteiger partial charge in [-0.05, 0) is 17.7 Å². The fraction of sp³-hybridized carbons (Fsp3) is 0.333. The Morgan fingerprint density at radius 2 is 1.72 bits per heavy atom. The Balaban J connectivity index is 2.45. The lowest BCUT2D eigenvalue weighted by Crippen LogP contribution is -2.25. The number of rotatable bonds is 7.